The molecule has 0 amide bonds. The molecule has 0 aromatic carbocycles. The fourth-order valence-electron chi connectivity index (χ4n) is 3.38. The number of nitrogens with one attached hydrogen (secondary N) is 1. The predicted molar refractivity (Wildman–Crippen MR) is 75.9 cm³/mol. The van der Waals surface area contributed by atoms with E-state index in [1.807, 2.05) is 7.11 Å². The normalized spacial score (nSPS) is 32.5. The third kappa shape index (κ3) is 2.89. The third-order valence-corrected chi connectivity index (χ3v) is 4.99. The molecule has 0 radical (unpaired) electrons. The zero-order valence-electron chi connectivity index (χ0n) is 12.5. The smallest absolute Gasteiger partial charge is 0.0805 e. The lowest BCUT2D eigenvalue weighted by atomic mass is 9.78. The zero-order chi connectivity index (χ0) is 13.2. The first-order chi connectivity index (χ1) is 8.60. The van der Waals surface area contributed by atoms with Crippen molar-refractivity contribution >= 4 is 0 Å². The molecular formula is C15H30N2O. The summed E-state index contributed by atoms with van der Waals surface area (Å²) in [5.41, 5.74) is 0.169. The van der Waals surface area contributed by atoms with E-state index in [0.717, 1.165) is 13.1 Å². The summed E-state index contributed by atoms with van der Waals surface area (Å²) in [5.74, 6) is 0.712. The second-order valence-corrected chi connectivity index (χ2v) is 6.49. The van der Waals surface area contributed by atoms with Crippen LogP contribution in [0.15, 0.2) is 0 Å². The van der Waals surface area contributed by atoms with Crippen molar-refractivity contribution in [3.63, 3.8) is 0 Å². The Morgan fingerprint density at radius 3 is 2.56 bits per heavy atom. The van der Waals surface area contributed by atoms with Crippen LogP contribution in [0.1, 0.15) is 46.5 Å². The van der Waals surface area contributed by atoms with Crippen LogP contribution in [-0.4, -0.2) is 49.3 Å². The maximum atomic E-state index is 5.81. The minimum atomic E-state index is 0.169. The van der Waals surface area contributed by atoms with Gasteiger partial charge >= 0.3 is 0 Å². The van der Waals surface area contributed by atoms with Crippen molar-refractivity contribution in [1.82, 2.24) is 10.2 Å². The molecule has 0 aromatic heterocycles. The summed E-state index contributed by atoms with van der Waals surface area (Å²) in [6.45, 7) is 10.4. The van der Waals surface area contributed by atoms with E-state index < -0.39 is 0 Å². The quantitative estimate of drug-likeness (QED) is 0.814. The van der Waals surface area contributed by atoms with E-state index in [1.54, 1.807) is 0 Å². The molecule has 1 aliphatic carbocycles. The van der Waals surface area contributed by atoms with Gasteiger partial charge < -0.3 is 10.1 Å². The van der Waals surface area contributed by atoms with E-state index in [1.165, 1.54) is 32.2 Å². The summed E-state index contributed by atoms with van der Waals surface area (Å²) in [6, 6.07) is 1.33. The van der Waals surface area contributed by atoms with Crippen LogP contribution >= 0.6 is 0 Å². The third-order valence-electron chi connectivity index (χ3n) is 4.99. The Labute approximate surface area is 112 Å². The fourth-order valence-corrected chi connectivity index (χ4v) is 3.38. The maximum Gasteiger partial charge on any atom is 0.0805 e. The summed E-state index contributed by atoms with van der Waals surface area (Å²) < 4.78 is 5.81. The molecule has 1 heterocycles. The van der Waals surface area contributed by atoms with Gasteiger partial charge in [-0.05, 0) is 31.6 Å². The van der Waals surface area contributed by atoms with E-state index >= 15 is 0 Å². The Balaban J connectivity index is 2.00. The van der Waals surface area contributed by atoms with Gasteiger partial charge in [-0.3, -0.25) is 4.90 Å². The van der Waals surface area contributed by atoms with Crippen LogP contribution in [0.5, 0.6) is 0 Å². The Morgan fingerprint density at radius 1 is 1.39 bits per heavy atom. The van der Waals surface area contributed by atoms with E-state index in [2.05, 4.69) is 31.0 Å². The highest BCUT2D eigenvalue weighted by Crippen LogP contribution is 2.36. The number of ether oxygens (including phenoxy) is 1. The second-order valence-electron chi connectivity index (χ2n) is 6.49. The van der Waals surface area contributed by atoms with Gasteiger partial charge in [-0.2, -0.15) is 0 Å². The highest BCUT2D eigenvalue weighted by Gasteiger charge is 2.41. The number of hydrogen-bond acceptors (Lipinski definition) is 3. The summed E-state index contributed by atoms with van der Waals surface area (Å²) in [7, 11) is 1.89. The van der Waals surface area contributed by atoms with Crippen molar-refractivity contribution in [2.24, 2.45) is 5.92 Å². The number of nitrogens with zero attached hydrogens (tertiary/aromatic N) is 1. The van der Waals surface area contributed by atoms with Crippen molar-refractivity contribution in [2.45, 2.75) is 64.1 Å². The van der Waals surface area contributed by atoms with Crippen molar-refractivity contribution < 1.29 is 4.74 Å². The van der Waals surface area contributed by atoms with Crippen LogP contribution < -0.4 is 5.32 Å². The number of rotatable bonds is 5. The molecule has 3 heteroatoms. The van der Waals surface area contributed by atoms with Crippen LogP contribution in [0, 0.1) is 5.92 Å². The zero-order valence-corrected chi connectivity index (χ0v) is 12.5. The molecule has 1 aliphatic heterocycles. The Morgan fingerprint density at radius 2 is 2.11 bits per heavy atom. The molecule has 2 fully saturated rings. The van der Waals surface area contributed by atoms with Crippen LogP contribution in [-0.2, 0) is 4.74 Å². The molecule has 2 atom stereocenters. The van der Waals surface area contributed by atoms with Crippen LogP contribution in [0.3, 0.4) is 0 Å². The lowest BCUT2D eigenvalue weighted by molar-refractivity contribution is -0.105. The van der Waals surface area contributed by atoms with Gasteiger partial charge in [0.15, 0.2) is 0 Å². The van der Waals surface area contributed by atoms with E-state index in [-0.39, 0.29) is 5.60 Å². The highest BCUT2D eigenvalue weighted by atomic mass is 16.5. The molecule has 1 saturated carbocycles. The lowest BCUT2D eigenvalue weighted by Crippen LogP contribution is -2.62. The summed E-state index contributed by atoms with van der Waals surface area (Å²) in [4.78, 5) is 2.69. The molecule has 1 N–H and O–H groups in total. The molecule has 2 unspecified atom stereocenters. The summed E-state index contributed by atoms with van der Waals surface area (Å²) >= 11 is 0. The van der Waals surface area contributed by atoms with Gasteiger partial charge in [-0.15, -0.1) is 0 Å². The van der Waals surface area contributed by atoms with E-state index in [0.29, 0.717) is 18.0 Å². The minimum absolute atomic E-state index is 0.169. The monoisotopic (exact) mass is 254 g/mol. The topological polar surface area (TPSA) is 24.5 Å². The largest absolute Gasteiger partial charge is 0.377 e. The fraction of sp³-hybridized carbons (Fsp3) is 1.00. The Bertz CT molecular complexity index is 258. The van der Waals surface area contributed by atoms with Gasteiger partial charge in [0, 0.05) is 38.8 Å². The molecule has 1 saturated heterocycles. The summed E-state index contributed by atoms with van der Waals surface area (Å²) in [5, 5.41) is 3.69. The second kappa shape index (κ2) is 5.89. The Hall–Kier alpha value is -0.120. The average molecular weight is 254 g/mol. The molecule has 0 spiro atoms. The van der Waals surface area contributed by atoms with Gasteiger partial charge in [-0.25, -0.2) is 0 Å². The average Bonchev–Trinajstić information content (AvgIpc) is 2.33. The van der Waals surface area contributed by atoms with Gasteiger partial charge in [0.1, 0.15) is 0 Å². The van der Waals surface area contributed by atoms with Crippen LogP contribution in [0.2, 0.25) is 0 Å². The van der Waals surface area contributed by atoms with Crippen molar-refractivity contribution in [1.29, 1.82) is 0 Å². The van der Waals surface area contributed by atoms with Crippen molar-refractivity contribution in [3.05, 3.63) is 0 Å². The van der Waals surface area contributed by atoms with Crippen molar-refractivity contribution in [2.75, 3.05) is 26.7 Å². The molecule has 2 rings (SSSR count). The Kier molecular flexibility index (Phi) is 4.68. The van der Waals surface area contributed by atoms with E-state index in [4.69, 9.17) is 4.74 Å². The lowest BCUT2D eigenvalue weighted by Gasteiger charge is -2.49. The molecule has 0 bridgehead atoms. The van der Waals surface area contributed by atoms with Gasteiger partial charge in [0.05, 0.1) is 5.60 Å². The maximum absolute atomic E-state index is 5.81. The van der Waals surface area contributed by atoms with Crippen LogP contribution in [0.4, 0.5) is 0 Å². The molecular weight excluding hydrogens is 224 g/mol. The van der Waals surface area contributed by atoms with Gasteiger partial charge in [0.25, 0.3) is 0 Å². The highest BCUT2D eigenvalue weighted by molar-refractivity contribution is 4.97. The molecule has 18 heavy (non-hydrogen) atoms. The van der Waals surface area contributed by atoms with Gasteiger partial charge in [0.2, 0.25) is 0 Å². The standard InChI is InChI=1S/C15H30N2O/c1-5-13-10-17(14(9-16-13)12(2)3)11-15(18-4)7-6-8-15/h12-14,16H,5-11H2,1-4H3. The minimum Gasteiger partial charge on any atom is -0.377 e. The molecule has 0 aromatic rings. The first-order valence-electron chi connectivity index (χ1n) is 7.63. The molecule has 2 aliphatic rings. The predicted octanol–water partition coefficient (Wildman–Crippen LogP) is 2.26. The number of methoxy groups -OCH3 is 1. The molecule has 106 valence electrons. The first-order valence-corrected chi connectivity index (χ1v) is 7.63. The van der Waals surface area contributed by atoms with E-state index in [9.17, 15) is 0 Å². The first kappa shape index (κ1) is 14.3. The number of hydrogen-bond donors (Lipinski definition) is 1. The molecule has 3 nitrogen and oxygen atoms in total. The SMILES string of the molecule is CCC1CN(CC2(OC)CCC2)C(C(C)C)CN1. The summed E-state index contributed by atoms with van der Waals surface area (Å²) in [6.07, 6.45) is 5.05. The van der Waals surface area contributed by atoms with Crippen LogP contribution in [0.25, 0.3) is 0 Å². The van der Waals surface area contributed by atoms with Gasteiger partial charge in [-0.1, -0.05) is 20.8 Å². The van der Waals surface area contributed by atoms with Crippen molar-refractivity contribution in [3.8, 4) is 0 Å². The number of piperazine rings is 1.